The molecular weight excluding hydrogens is 254 g/mol. The van der Waals surface area contributed by atoms with Crippen LogP contribution >= 0.6 is 0 Å². The van der Waals surface area contributed by atoms with E-state index in [-0.39, 0.29) is 12.5 Å². The van der Waals surface area contributed by atoms with Crippen LogP contribution in [0.1, 0.15) is 17.0 Å². The molecule has 0 spiro atoms. The van der Waals surface area contributed by atoms with Gasteiger partial charge in [0.2, 0.25) is 0 Å². The maximum absolute atomic E-state index is 10.9. The molecule has 0 saturated heterocycles. The Kier molecular flexibility index (Phi) is 4.74. The molecule has 1 amide bonds. The molecule has 0 aliphatic heterocycles. The molecule has 1 atom stereocenters. The van der Waals surface area contributed by atoms with E-state index in [1.165, 1.54) is 0 Å². The summed E-state index contributed by atoms with van der Waals surface area (Å²) in [6, 6.07) is 18.6. The van der Waals surface area contributed by atoms with E-state index in [0.29, 0.717) is 0 Å². The van der Waals surface area contributed by atoms with Crippen LogP contribution < -0.4 is 5.32 Å². The van der Waals surface area contributed by atoms with Crippen molar-refractivity contribution in [3.63, 3.8) is 0 Å². The lowest BCUT2D eigenvalue weighted by Crippen LogP contribution is -2.41. The van der Waals surface area contributed by atoms with Gasteiger partial charge in [0.05, 0.1) is 12.6 Å². The summed E-state index contributed by atoms with van der Waals surface area (Å²) in [5.74, 6) is -0.224. The lowest BCUT2D eigenvalue weighted by Gasteiger charge is -2.26. The molecule has 4 heteroatoms. The quantitative estimate of drug-likeness (QED) is 0.782. The van der Waals surface area contributed by atoms with Crippen LogP contribution in [0.3, 0.4) is 0 Å². The van der Waals surface area contributed by atoms with Gasteiger partial charge in [-0.15, -0.1) is 0 Å². The highest BCUT2D eigenvalue weighted by atomic mass is 16.4. The van der Waals surface area contributed by atoms with Crippen molar-refractivity contribution in [1.29, 1.82) is 0 Å². The first-order valence-electron chi connectivity index (χ1n) is 6.42. The Bertz CT molecular complexity index is 503. The number of carboxylic acid groups (broad SMARTS) is 1. The Morgan fingerprint density at radius 1 is 0.950 bits per heavy atom. The molecule has 1 unspecified atom stereocenters. The first kappa shape index (κ1) is 14.1. The number of aliphatic hydroxyl groups excluding tert-OH is 1. The van der Waals surface area contributed by atoms with E-state index in [2.05, 4.69) is 5.32 Å². The van der Waals surface area contributed by atoms with Gasteiger partial charge in [0, 0.05) is 5.92 Å². The second-order valence-electron chi connectivity index (χ2n) is 4.54. The molecule has 0 fully saturated rings. The van der Waals surface area contributed by atoms with Crippen molar-refractivity contribution in [2.45, 2.75) is 12.0 Å². The van der Waals surface area contributed by atoms with Crippen LogP contribution in [0.25, 0.3) is 0 Å². The summed E-state index contributed by atoms with van der Waals surface area (Å²) in [5.41, 5.74) is 1.93. The SMILES string of the molecule is O=C(O)NC(CO)C(c1ccccc1)c1ccccc1. The average molecular weight is 271 g/mol. The van der Waals surface area contributed by atoms with Crippen LogP contribution in [-0.2, 0) is 0 Å². The Labute approximate surface area is 117 Å². The average Bonchev–Trinajstić information content (AvgIpc) is 2.48. The molecule has 3 N–H and O–H groups in total. The molecule has 0 heterocycles. The maximum Gasteiger partial charge on any atom is 0.404 e. The van der Waals surface area contributed by atoms with Crippen LogP contribution in [0.15, 0.2) is 60.7 Å². The van der Waals surface area contributed by atoms with Crippen molar-refractivity contribution < 1.29 is 15.0 Å². The van der Waals surface area contributed by atoms with Gasteiger partial charge in [-0.1, -0.05) is 60.7 Å². The van der Waals surface area contributed by atoms with Gasteiger partial charge in [-0.05, 0) is 11.1 Å². The van der Waals surface area contributed by atoms with Crippen LogP contribution in [0.2, 0.25) is 0 Å². The van der Waals surface area contributed by atoms with Gasteiger partial charge < -0.3 is 15.5 Å². The lowest BCUT2D eigenvalue weighted by atomic mass is 9.85. The summed E-state index contributed by atoms with van der Waals surface area (Å²) in [5, 5.41) is 20.9. The Balaban J connectivity index is 2.41. The molecule has 2 aromatic carbocycles. The first-order chi connectivity index (χ1) is 9.72. The van der Waals surface area contributed by atoms with Gasteiger partial charge in [-0.3, -0.25) is 0 Å². The van der Waals surface area contributed by atoms with Crippen LogP contribution in [0.5, 0.6) is 0 Å². The fraction of sp³-hybridized carbons (Fsp3) is 0.188. The summed E-state index contributed by atoms with van der Waals surface area (Å²) in [6.07, 6.45) is -1.14. The number of benzene rings is 2. The Hall–Kier alpha value is -2.33. The molecule has 0 aliphatic rings. The summed E-state index contributed by atoms with van der Waals surface area (Å²) in [7, 11) is 0. The Morgan fingerprint density at radius 2 is 1.40 bits per heavy atom. The second kappa shape index (κ2) is 6.73. The highest BCUT2D eigenvalue weighted by Crippen LogP contribution is 2.27. The number of hydrogen-bond donors (Lipinski definition) is 3. The fourth-order valence-electron chi connectivity index (χ4n) is 2.37. The van der Waals surface area contributed by atoms with E-state index in [0.717, 1.165) is 11.1 Å². The number of aliphatic hydroxyl groups is 1. The number of nitrogens with one attached hydrogen (secondary N) is 1. The van der Waals surface area contributed by atoms with Gasteiger partial charge in [0.25, 0.3) is 0 Å². The molecule has 0 aromatic heterocycles. The molecule has 20 heavy (non-hydrogen) atoms. The van der Waals surface area contributed by atoms with Gasteiger partial charge in [-0.25, -0.2) is 4.79 Å². The van der Waals surface area contributed by atoms with Crippen LogP contribution in [0.4, 0.5) is 4.79 Å². The van der Waals surface area contributed by atoms with E-state index < -0.39 is 12.1 Å². The third kappa shape index (κ3) is 3.36. The minimum atomic E-state index is -1.14. The maximum atomic E-state index is 10.9. The third-order valence-corrected chi connectivity index (χ3v) is 3.23. The molecule has 0 saturated carbocycles. The standard InChI is InChI=1S/C16H17NO3/c18-11-14(17-16(19)20)15(12-7-3-1-4-8-12)13-9-5-2-6-10-13/h1-10,14-15,17-18H,11H2,(H,19,20). The smallest absolute Gasteiger partial charge is 0.404 e. The van der Waals surface area contributed by atoms with Crippen molar-refractivity contribution in [3.05, 3.63) is 71.8 Å². The second-order valence-corrected chi connectivity index (χ2v) is 4.54. The zero-order valence-corrected chi connectivity index (χ0v) is 10.9. The van der Waals surface area contributed by atoms with Crippen molar-refractivity contribution in [2.75, 3.05) is 6.61 Å². The van der Waals surface area contributed by atoms with Gasteiger partial charge >= 0.3 is 6.09 Å². The fourth-order valence-corrected chi connectivity index (χ4v) is 2.37. The van der Waals surface area contributed by atoms with E-state index in [9.17, 15) is 9.90 Å². The molecule has 2 aromatic rings. The number of carbonyl (C=O) groups is 1. The molecule has 0 bridgehead atoms. The highest BCUT2D eigenvalue weighted by Gasteiger charge is 2.25. The van der Waals surface area contributed by atoms with Crippen molar-refractivity contribution in [3.8, 4) is 0 Å². The van der Waals surface area contributed by atoms with E-state index in [4.69, 9.17) is 5.11 Å². The third-order valence-electron chi connectivity index (χ3n) is 3.23. The predicted molar refractivity (Wildman–Crippen MR) is 76.8 cm³/mol. The highest BCUT2D eigenvalue weighted by molar-refractivity contribution is 5.65. The molecule has 2 rings (SSSR count). The van der Waals surface area contributed by atoms with Gasteiger partial charge in [0.1, 0.15) is 0 Å². The topological polar surface area (TPSA) is 69.6 Å². The predicted octanol–water partition coefficient (Wildman–Crippen LogP) is 2.45. The molecule has 4 nitrogen and oxygen atoms in total. The molecule has 0 aliphatic carbocycles. The van der Waals surface area contributed by atoms with Crippen molar-refractivity contribution >= 4 is 6.09 Å². The largest absolute Gasteiger partial charge is 0.465 e. The molecule has 0 radical (unpaired) electrons. The number of hydrogen-bond acceptors (Lipinski definition) is 2. The van der Waals surface area contributed by atoms with E-state index in [1.807, 2.05) is 60.7 Å². The van der Waals surface area contributed by atoms with Crippen molar-refractivity contribution in [2.24, 2.45) is 0 Å². The summed E-state index contributed by atoms with van der Waals surface area (Å²) >= 11 is 0. The summed E-state index contributed by atoms with van der Waals surface area (Å²) < 4.78 is 0. The zero-order chi connectivity index (χ0) is 14.4. The first-order valence-corrected chi connectivity index (χ1v) is 6.42. The summed E-state index contributed by atoms with van der Waals surface area (Å²) in [4.78, 5) is 10.9. The lowest BCUT2D eigenvalue weighted by molar-refractivity contribution is 0.174. The molecular formula is C16H17NO3. The normalized spacial score (nSPS) is 12.1. The van der Waals surface area contributed by atoms with E-state index in [1.54, 1.807) is 0 Å². The van der Waals surface area contributed by atoms with E-state index >= 15 is 0 Å². The monoisotopic (exact) mass is 271 g/mol. The summed E-state index contributed by atoms with van der Waals surface area (Å²) in [6.45, 7) is -0.263. The van der Waals surface area contributed by atoms with Gasteiger partial charge in [-0.2, -0.15) is 0 Å². The number of rotatable bonds is 5. The minimum Gasteiger partial charge on any atom is -0.465 e. The Morgan fingerprint density at radius 3 is 1.75 bits per heavy atom. The van der Waals surface area contributed by atoms with Crippen LogP contribution in [0, 0.1) is 0 Å². The van der Waals surface area contributed by atoms with Crippen LogP contribution in [-0.4, -0.2) is 29.0 Å². The molecule has 104 valence electrons. The minimum absolute atomic E-state index is 0.224. The van der Waals surface area contributed by atoms with Gasteiger partial charge in [0.15, 0.2) is 0 Å². The van der Waals surface area contributed by atoms with Crippen molar-refractivity contribution in [1.82, 2.24) is 5.32 Å². The number of amides is 1. The zero-order valence-electron chi connectivity index (χ0n) is 10.9.